The Morgan fingerprint density at radius 3 is 2.23 bits per heavy atom. The van der Waals surface area contributed by atoms with Crippen molar-refractivity contribution in [1.29, 1.82) is 0 Å². The van der Waals surface area contributed by atoms with Gasteiger partial charge in [0.15, 0.2) is 18.1 Å². The van der Waals surface area contributed by atoms with Crippen molar-refractivity contribution >= 4 is 23.3 Å². The van der Waals surface area contributed by atoms with E-state index in [0.29, 0.717) is 23.7 Å². The monoisotopic (exact) mass is 418 g/mol. The van der Waals surface area contributed by atoms with Gasteiger partial charge in [-0.25, -0.2) is 0 Å². The average molecular weight is 418 g/mol. The van der Waals surface area contributed by atoms with Crippen LogP contribution in [0.3, 0.4) is 0 Å². The number of hydrogen-bond acceptors (Lipinski definition) is 8. The number of benzene rings is 2. The lowest BCUT2D eigenvalue weighted by molar-refractivity contribution is -0.383. The summed E-state index contributed by atoms with van der Waals surface area (Å²) in [5, 5.41) is 13.3. The number of nitrogens with one attached hydrogen (secondary N) is 1. The molecular formula is C20H22N2O8. The molecule has 0 aliphatic heterocycles. The zero-order valence-electron chi connectivity index (χ0n) is 16.8. The van der Waals surface area contributed by atoms with Gasteiger partial charge in [0.25, 0.3) is 11.6 Å². The molecule has 2 aromatic rings. The minimum atomic E-state index is -0.676. The van der Waals surface area contributed by atoms with Crippen LogP contribution in [0.15, 0.2) is 36.4 Å². The molecule has 0 atom stereocenters. The summed E-state index contributed by atoms with van der Waals surface area (Å²) in [6.07, 6.45) is 0.332. The topological polar surface area (TPSA) is 126 Å². The van der Waals surface area contributed by atoms with Crippen LogP contribution in [0.5, 0.6) is 17.2 Å². The number of methoxy groups -OCH3 is 3. The van der Waals surface area contributed by atoms with Gasteiger partial charge in [0.1, 0.15) is 5.69 Å². The molecule has 0 saturated carbocycles. The van der Waals surface area contributed by atoms with E-state index in [1.165, 1.54) is 39.5 Å². The number of amides is 1. The predicted molar refractivity (Wildman–Crippen MR) is 107 cm³/mol. The Kier molecular flexibility index (Phi) is 7.98. The Labute approximate surface area is 172 Å². The largest absolute Gasteiger partial charge is 0.493 e. The van der Waals surface area contributed by atoms with E-state index in [1.54, 1.807) is 18.2 Å². The summed E-state index contributed by atoms with van der Waals surface area (Å²) >= 11 is 0. The van der Waals surface area contributed by atoms with Crippen LogP contribution in [-0.4, -0.2) is 44.7 Å². The number of nitrogens with zero attached hydrogens (tertiary/aromatic N) is 1. The van der Waals surface area contributed by atoms with Crippen LogP contribution in [0.25, 0.3) is 0 Å². The fourth-order valence-electron chi connectivity index (χ4n) is 2.67. The summed E-state index contributed by atoms with van der Waals surface area (Å²) < 4.78 is 20.7. The lowest BCUT2D eigenvalue weighted by atomic mass is 10.1. The van der Waals surface area contributed by atoms with E-state index >= 15 is 0 Å². The maximum absolute atomic E-state index is 12.0. The summed E-state index contributed by atoms with van der Waals surface area (Å²) in [7, 11) is 4.47. The fourth-order valence-corrected chi connectivity index (χ4v) is 2.67. The standard InChI is InChI=1S/C20H22N2O8/c1-27-16-10-13(11-17(28-2)20(16)29-3)8-9-19(24)30-12-18(23)21-14-6-4-5-7-15(14)22(25)26/h4-7,10-11H,8-9,12H2,1-3H3,(H,21,23). The van der Waals surface area contributed by atoms with E-state index < -0.39 is 23.4 Å². The lowest BCUT2D eigenvalue weighted by Gasteiger charge is -2.14. The Balaban J connectivity index is 1.90. The number of rotatable bonds is 10. The van der Waals surface area contributed by atoms with Crippen molar-refractivity contribution in [2.45, 2.75) is 12.8 Å². The van der Waals surface area contributed by atoms with Gasteiger partial charge < -0.3 is 24.3 Å². The van der Waals surface area contributed by atoms with Crippen LogP contribution in [0.4, 0.5) is 11.4 Å². The number of ether oxygens (including phenoxy) is 4. The third-order valence-corrected chi connectivity index (χ3v) is 4.08. The third-order valence-electron chi connectivity index (χ3n) is 4.08. The van der Waals surface area contributed by atoms with Crippen molar-refractivity contribution in [3.8, 4) is 17.2 Å². The molecule has 0 aliphatic carbocycles. The Morgan fingerprint density at radius 1 is 1.03 bits per heavy atom. The molecule has 1 amide bonds. The first kappa shape index (κ1) is 22.5. The van der Waals surface area contributed by atoms with Gasteiger partial charge in [-0.15, -0.1) is 0 Å². The highest BCUT2D eigenvalue weighted by Crippen LogP contribution is 2.38. The highest BCUT2D eigenvalue weighted by atomic mass is 16.6. The number of carbonyl (C=O) groups excluding carboxylic acids is 2. The maximum Gasteiger partial charge on any atom is 0.306 e. The van der Waals surface area contributed by atoms with Crippen LogP contribution in [0, 0.1) is 10.1 Å². The number of anilines is 1. The summed E-state index contributed by atoms with van der Waals surface area (Å²) in [6, 6.07) is 9.12. The van der Waals surface area contributed by atoms with Gasteiger partial charge in [0, 0.05) is 12.5 Å². The summed E-state index contributed by atoms with van der Waals surface area (Å²) in [4.78, 5) is 34.3. The highest BCUT2D eigenvalue weighted by Gasteiger charge is 2.17. The number of nitro benzene ring substituents is 1. The first-order valence-corrected chi connectivity index (χ1v) is 8.87. The van der Waals surface area contributed by atoms with Crippen molar-refractivity contribution in [2.24, 2.45) is 0 Å². The molecule has 0 aromatic heterocycles. The first-order chi connectivity index (χ1) is 14.4. The molecule has 0 spiro atoms. The maximum atomic E-state index is 12.0. The van der Waals surface area contributed by atoms with Crippen molar-refractivity contribution < 1.29 is 33.5 Å². The zero-order chi connectivity index (χ0) is 22.1. The molecule has 0 fully saturated rings. The van der Waals surface area contributed by atoms with Crippen LogP contribution in [-0.2, 0) is 20.7 Å². The normalized spacial score (nSPS) is 10.1. The van der Waals surface area contributed by atoms with E-state index in [0.717, 1.165) is 5.56 Å². The second-order valence-electron chi connectivity index (χ2n) is 6.02. The van der Waals surface area contributed by atoms with E-state index in [2.05, 4.69) is 5.32 Å². The van der Waals surface area contributed by atoms with E-state index in [1.807, 2.05) is 0 Å². The van der Waals surface area contributed by atoms with Gasteiger partial charge in [-0.05, 0) is 30.2 Å². The molecule has 0 unspecified atom stereocenters. The molecule has 2 rings (SSSR count). The number of nitro groups is 1. The van der Waals surface area contributed by atoms with Gasteiger partial charge >= 0.3 is 5.97 Å². The van der Waals surface area contributed by atoms with E-state index in [4.69, 9.17) is 18.9 Å². The number of esters is 1. The number of hydrogen-bond donors (Lipinski definition) is 1. The second-order valence-corrected chi connectivity index (χ2v) is 6.02. The van der Waals surface area contributed by atoms with Gasteiger partial charge in [-0.2, -0.15) is 0 Å². The predicted octanol–water partition coefficient (Wildman–Crippen LogP) is 2.74. The number of aryl methyl sites for hydroxylation is 1. The molecule has 10 nitrogen and oxygen atoms in total. The number of carbonyl (C=O) groups is 2. The van der Waals surface area contributed by atoms with Crippen molar-refractivity contribution in [3.05, 3.63) is 52.1 Å². The minimum absolute atomic E-state index is 0.0113. The van der Waals surface area contributed by atoms with Crippen LogP contribution in [0.1, 0.15) is 12.0 Å². The molecule has 160 valence electrons. The Hall–Kier alpha value is -3.82. The Morgan fingerprint density at radius 2 is 1.67 bits per heavy atom. The first-order valence-electron chi connectivity index (χ1n) is 8.87. The molecule has 10 heteroatoms. The highest BCUT2D eigenvalue weighted by molar-refractivity contribution is 5.94. The van der Waals surface area contributed by atoms with Crippen molar-refractivity contribution in [2.75, 3.05) is 33.3 Å². The smallest absolute Gasteiger partial charge is 0.306 e. The quantitative estimate of drug-likeness (QED) is 0.355. The lowest BCUT2D eigenvalue weighted by Crippen LogP contribution is -2.21. The average Bonchev–Trinajstić information content (AvgIpc) is 2.75. The van der Waals surface area contributed by atoms with Gasteiger partial charge in [0.05, 0.1) is 26.3 Å². The molecule has 1 N–H and O–H groups in total. The Bertz CT molecular complexity index is 904. The van der Waals surface area contributed by atoms with Gasteiger partial charge in [-0.1, -0.05) is 12.1 Å². The third kappa shape index (κ3) is 5.84. The zero-order valence-corrected chi connectivity index (χ0v) is 16.8. The van der Waals surface area contributed by atoms with Gasteiger partial charge in [-0.3, -0.25) is 19.7 Å². The van der Waals surface area contributed by atoms with E-state index in [9.17, 15) is 19.7 Å². The molecular weight excluding hydrogens is 396 g/mol. The van der Waals surface area contributed by atoms with Crippen molar-refractivity contribution in [3.63, 3.8) is 0 Å². The summed E-state index contributed by atoms with van der Waals surface area (Å²) in [5.74, 6) is 0.0954. The van der Waals surface area contributed by atoms with Crippen LogP contribution in [0.2, 0.25) is 0 Å². The molecule has 0 saturated heterocycles. The van der Waals surface area contributed by atoms with E-state index in [-0.39, 0.29) is 17.8 Å². The molecule has 0 heterocycles. The number of para-hydroxylation sites is 2. The SMILES string of the molecule is COc1cc(CCC(=O)OCC(=O)Nc2ccccc2[N+](=O)[O-])cc(OC)c1OC. The van der Waals surface area contributed by atoms with Crippen LogP contribution < -0.4 is 19.5 Å². The fraction of sp³-hybridized carbons (Fsp3) is 0.300. The van der Waals surface area contributed by atoms with Crippen molar-refractivity contribution in [1.82, 2.24) is 0 Å². The summed E-state index contributed by atoms with van der Waals surface area (Å²) in [6.45, 7) is -0.555. The molecule has 0 bridgehead atoms. The minimum Gasteiger partial charge on any atom is -0.493 e. The van der Waals surface area contributed by atoms with Gasteiger partial charge in [0.2, 0.25) is 5.75 Å². The second kappa shape index (κ2) is 10.6. The molecule has 2 aromatic carbocycles. The van der Waals surface area contributed by atoms with Crippen LogP contribution >= 0.6 is 0 Å². The molecule has 30 heavy (non-hydrogen) atoms. The molecule has 0 radical (unpaired) electrons. The summed E-state index contributed by atoms with van der Waals surface area (Å²) in [5.41, 5.74) is 0.534. The molecule has 0 aliphatic rings.